The third-order valence-corrected chi connectivity index (χ3v) is 9.28. The number of piperidine rings is 2. The number of hydrogen-bond donors (Lipinski definition) is 1. The summed E-state index contributed by atoms with van der Waals surface area (Å²) in [6.07, 6.45) is 0.762. The van der Waals surface area contributed by atoms with Gasteiger partial charge in [-0.1, -0.05) is 25.1 Å². The molecule has 3 saturated heterocycles. The predicted molar refractivity (Wildman–Crippen MR) is 124 cm³/mol. The van der Waals surface area contributed by atoms with E-state index in [-0.39, 0.29) is 5.41 Å². The third-order valence-electron chi connectivity index (χ3n) is 7.23. The van der Waals surface area contributed by atoms with E-state index in [1.54, 1.807) is 10.4 Å². The summed E-state index contributed by atoms with van der Waals surface area (Å²) in [5, 5.41) is 7.12. The molecule has 0 radical (unpaired) electrons. The lowest BCUT2D eigenvalue weighted by atomic mass is 9.77. The molecular weight excluding hydrogens is 485 g/mol. The Kier molecular flexibility index (Phi) is 8.88. The van der Waals surface area contributed by atoms with Gasteiger partial charge in [0.2, 0.25) is 10.0 Å². The Morgan fingerprint density at radius 2 is 1.83 bits per heavy atom. The average Bonchev–Trinajstić information content (AvgIpc) is 3.15. The van der Waals surface area contributed by atoms with Crippen molar-refractivity contribution in [2.45, 2.75) is 63.1 Å². The summed E-state index contributed by atoms with van der Waals surface area (Å²) in [6, 6.07) is 7.29. The zero-order valence-electron chi connectivity index (χ0n) is 20.3. The fraction of sp³-hybridized carbons (Fsp3) is 0.708. The lowest BCUT2D eigenvalue weighted by molar-refractivity contribution is -0.192. The standard InChI is InChI=1S/C22H34N2O3S.C2HF3O2/c1-18-6-5-11-23(15-18)16-20-14-22(17-27-20)9-12-24(13-10-22)28(25,26)21-8-4-3-7-19(21)2;3-2(4,5)1(6)7/h3-4,7-8,18,20H,5-6,9-17H2,1-2H3;(H,6,7). The summed E-state index contributed by atoms with van der Waals surface area (Å²) in [5.74, 6) is -1.97. The van der Waals surface area contributed by atoms with Crippen molar-refractivity contribution < 1.29 is 36.2 Å². The van der Waals surface area contributed by atoms with Gasteiger partial charge >= 0.3 is 12.1 Å². The summed E-state index contributed by atoms with van der Waals surface area (Å²) in [5.41, 5.74) is 0.993. The second kappa shape index (κ2) is 11.1. The monoisotopic (exact) mass is 520 g/mol. The second-order valence-electron chi connectivity index (χ2n) is 10.1. The van der Waals surface area contributed by atoms with Crippen molar-refractivity contribution in [3.8, 4) is 0 Å². The number of rotatable bonds is 4. The first-order valence-electron chi connectivity index (χ1n) is 12.0. The Hall–Kier alpha value is -1.69. The minimum absolute atomic E-state index is 0.170. The average molecular weight is 521 g/mol. The van der Waals surface area contributed by atoms with Crippen LogP contribution in [0.1, 0.15) is 44.6 Å². The van der Waals surface area contributed by atoms with Gasteiger partial charge < -0.3 is 14.7 Å². The summed E-state index contributed by atoms with van der Waals surface area (Å²) in [6.45, 7) is 9.63. The van der Waals surface area contributed by atoms with Crippen molar-refractivity contribution in [1.82, 2.24) is 9.21 Å². The number of carboxylic acid groups (broad SMARTS) is 1. The van der Waals surface area contributed by atoms with E-state index in [0.29, 0.717) is 24.1 Å². The van der Waals surface area contributed by atoms with Crippen molar-refractivity contribution in [1.29, 1.82) is 0 Å². The second-order valence-corrected chi connectivity index (χ2v) is 12.0. The number of halogens is 3. The molecule has 3 heterocycles. The Bertz CT molecular complexity index is 978. The maximum absolute atomic E-state index is 13.1. The number of nitrogens with zero attached hydrogens (tertiary/aromatic N) is 2. The third kappa shape index (κ3) is 7.18. The molecule has 2 unspecified atom stereocenters. The zero-order chi connectivity index (χ0) is 25.9. The van der Waals surface area contributed by atoms with Crippen molar-refractivity contribution >= 4 is 16.0 Å². The van der Waals surface area contributed by atoms with Crippen LogP contribution >= 0.6 is 0 Å². The van der Waals surface area contributed by atoms with Crippen LogP contribution in [0.5, 0.6) is 0 Å². The Morgan fingerprint density at radius 3 is 2.40 bits per heavy atom. The molecular formula is C24H35F3N2O5S. The van der Waals surface area contributed by atoms with E-state index in [1.807, 2.05) is 25.1 Å². The van der Waals surface area contributed by atoms with E-state index in [1.165, 1.54) is 25.9 Å². The van der Waals surface area contributed by atoms with Crippen molar-refractivity contribution in [3.63, 3.8) is 0 Å². The van der Waals surface area contributed by atoms with Crippen molar-refractivity contribution in [3.05, 3.63) is 29.8 Å². The topological polar surface area (TPSA) is 87.2 Å². The predicted octanol–water partition coefficient (Wildman–Crippen LogP) is 3.92. The molecule has 3 aliphatic rings. The molecule has 7 nitrogen and oxygen atoms in total. The molecule has 0 amide bonds. The van der Waals surface area contributed by atoms with Crippen LogP contribution in [0.3, 0.4) is 0 Å². The first kappa shape index (κ1) is 27.9. The number of benzene rings is 1. The Labute approximate surface area is 205 Å². The number of alkyl halides is 3. The highest BCUT2D eigenvalue weighted by atomic mass is 32.2. The molecule has 4 rings (SSSR count). The van der Waals surface area contributed by atoms with Gasteiger partial charge in [-0.3, -0.25) is 0 Å². The summed E-state index contributed by atoms with van der Waals surface area (Å²) >= 11 is 0. The van der Waals surface area contributed by atoms with Crippen LogP contribution in [0.25, 0.3) is 0 Å². The van der Waals surface area contributed by atoms with Gasteiger partial charge in [-0.15, -0.1) is 0 Å². The molecule has 1 aromatic carbocycles. The maximum atomic E-state index is 13.1. The normalized spacial score (nSPS) is 25.7. The molecule has 0 aliphatic carbocycles. The van der Waals surface area contributed by atoms with Crippen LogP contribution in [0.4, 0.5) is 13.2 Å². The van der Waals surface area contributed by atoms with Gasteiger partial charge in [0.05, 0.1) is 17.6 Å². The minimum Gasteiger partial charge on any atom is -0.475 e. The van der Waals surface area contributed by atoms with Crippen LogP contribution < -0.4 is 0 Å². The van der Waals surface area contributed by atoms with Gasteiger partial charge in [0.1, 0.15) is 0 Å². The molecule has 11 heteroatoms. The first-order valence-corrected chi connectivity index (χ1v) is 13.5. The van der Waals surface area contributed by atoms with Gasteiger partial charge in [-0.25, -0.2) is 13.2 Å². The van der Waals surface area contributed by atoms with E-state index in [0.717, 1.165) is 43.9 Å². The highest BCUT2D eigenvalue weighted by molar-refractivity contribution is 7.89. The molecule has 3 fully saturated rings. The van der Waals surface area contributed by atoms with Gasteiger partial charge in [0, 0.05) is 26.2 Å². The SMILES string of the molecule is Cc1ccccc1S(=O)(=O)N1CCC2(CC1)COC(CN1CCCC(C)C1)C2.O=C(O)C(F)(F)F. The fourth-order valence-corrected chi connectivity index (χ4v) is 6.95. The quantitative estimate of drug-likeness (QED) is 0.648. The number of aliphatic carboxylic acids is 1. The molecule has 1 spiro atoms. The molecule has 198 valence electrons. The molecule has 1 aromatic rings. The number of carbonyl (C=O) groups is 1. The number of ether oxygens (including phenoxy) is 1. The molecule has 0 bridgehead atoms. The number of hydrogen-bond acceptors (Lipinski definition) is 5. The van der Waals surface area contributed by atoms with Crippen LogP contribution in [-0.4, -0.2) is 80.3 Å². The van der Waals surface area contributed by atoms with Crippen LogP contribution in [-0.2, 0) is 19.6 Å². The summed E-state index contributed by atoms with van der Waals surface area (Å²) in [7, 11) is -3.40. The maximum Gasteiger partial charge on any atom is 0.490 e. The number of sulfonamides is 1. The fourth-order valence-electron chi connectivity index (χ4n) is 5.29. The smallest absolute Gasteiger partial charge is 0.475 e. The molecule has 0 saturated carbocycles. The lowest BCUT2D eigenvalue weighted by Crippen LogP contribution is -2.44. The molecule has 0 aromatic heterocycles. The van der Waals surface area contributed by atoms with Crippen molar-refractivity contribution in [2.75, 3.05) is 39.3 Å². The van der Waals surface area contributed by atoms with E-state index in [2.05, 4.69) is 11.8 Å². The number of likely N-dealkylation sites (tertiary alicyclic amines) is 1. The van der Waals surface area contributed by atoms with E-state index in [9.17, 15) is 21.6 Å². The van der Waals surface area contributed by atoms with Crippen LogP contribution in [0, 0.1) is 18.3 Å². The van der Waals surface area contributed by atoms with Crippen molar-refractivity contribution in [2.24, 2.45) is 11.3 Å². The zero-order valence-corrected chi connectivity index (χ0v) is 21.1. The largest absolute Gasteiger partial charge is 0.490 e. The number of aryl methyl sites for hydroxylation is 1. The highest BCUT2D eigenvalue weighted by Crippen LogP contribution is 2.43. The van der Waals surface area contributed by atoms with Crippen LogP contribution in [0.15, 0.2) is 29.2 Å². The molecule has 2 atom stereocenters. The van der Waals surface area contributed by atoms with E-state index < -0.39 is 22.2 Å². The van der Waals surface area contributed by atoms with E-state index >= 15 is 0 Å². The van der Waals surface area contributed by atoms with Gasteiger partial charge in [-0.2, -0.15) is 17.5 Å². The van der Waals surface area contributed by atoms with Gasteiger partial charge in [0.25, 0.3) is 0 Å². The summed E-state index contributed by atoms with van der Waals surface area (Å²) in [4.78, 5) is 11.9. The Morgan fingerprint density at radius 1 is 1.20 bits per heavy atom. The molecule has 3 aliphatic heterocycles. The molecule has 1 N–H and O–H groups in total. The lowest BCUT2D eigenvalue weighted by Gasteiger charge is -2.38. The van der Waals surface area contributed by atoms with Gasteiger partial charge in [-0.05, 0) is 68.5 Å². The highest BCUT2D eigenvalue weighted by Gasteiger charge is 2.45. The number of carboxylic acids is 1. The van der Waals surface area contributed by atoms with E-state index in [4.69, 9.17) is 14.6 Å². The van der Waals surface area contributed by atoms with Gasteiger partial charge in [0.15, 0.2) is 0 Å². The minimum atomic E-state index is -5.08. The van der Waals surface area contributed by atoms with Crippen LogP contribution in [0.2, 0.25) is 0 Å². The molecule has 35 heavy (non-hydrogen) atoms. The Balaban J connectivity index is 0.000000429. The first-order chi connectivity index (χ1) is 16.3. The summed E-state index contributed by atoms with van der Waals surface area (Å²) < 4.78 is 65.7.